The predicted molar refractivity (Wildman–Crippen MR) is 89.7 cm³/mol. The quantitative estimate of drug-likeness (QED) is 0.653. The number of aromatic nitrogens is 2. The molecule has 1 aromatic heterocycles. The molecule has 0 saturated heterocycles. The van der Waals surface area contributed by atoms with Crippen molar-refractivity contribution in [2.45, 2.75) is 58.2 Å². The van der Waals surface area contributed by atoms with Crippen molar-refractivity contribution in [3.8, 4) is 0 Å². The lowest BCUT2D eigenvalue weighted by molar-refractivity contribution is -0.149. The monoisotopic (exact) mass is 354 g/mol. The van der Waals surface area contributed by atoms with Crippen molar-refractivity contribution in [3.05, 3.63) is 18.2 Å². The highest BCUT2D eigenvalue weighted by Gasteiger charge is 2.34. The molecule has 9 heteroatoms. The van der Waals surface area contributed by atoms with E-state index in [1.54, 1.807) is 27.0 Å². The second kappa shape index (κ2) is 8.00. The van der Waals surface area contributed by atoms with E-state index in [4.69, 9.17) is 4.74 Å². The number of methoxy groups -OCH3 is 1. The van der Waals surface area contributed by atoms with Gasteiger partial charge in [0.2, 0.25) is 5.91 Å². The molecule has 0 aromatic carbocycles. The fraction of sp³-hybridized carbons (Fsp3) is 0.625. The average molecular weight is 354 g/mol. The molecule has 9 nitrogen and oxygen atoms in total. The van der Waals surface area contributed by atoms with Crippen molar-refractivity contribution in [1.82, 2.24) is 20.6 Å². The van der Waals surface area contributed by atoms with Crippen molar-refractivity contribution in [2.75, 3.05) is 7.11 Å². The van der Waals surface area contributed by atoms with E-state index in [0.717, 1.165) is 0 Å². The molecule has 1 atom stereocenters. The molecule has 0 aliphatic rings. The lowest BCUT2D eigenvalue weighted by Gasteiger charge is -2.27. The van der Waals surface area contributed by atoms with Gasteiger partial charge in [-0.3, -0.25) is 4.79 Å². The summed E-state index contributed by atoms with van der Waals surface area (Å²) in [6, 6.07) is -0.959. The smallest absolute Gasteiger partial charge is 0.408 e. The van der Waals surface area contributed by atoms with Crippen molar-refractivity contribution < 1.29 is 23.9 Å². The van der Waals surface area contributed by atoms with Gasteiger partial charge in [0.05, 0.1) is 13.4 Å². The molecule has 0 unspecified atom stereocenters. The molecule has 0 aliphatic heterocycles. The summed E-state index contributed by atoms with van der Waals surface area (Å²) in [4.78, 5) is 43.1. The van der Waals surface area contributed by atoms with E-state index in [0.29, 0.717) is 5.69 Å². The predicted octanol–water partition coefficient (Wildman–Crippen LogP) is 0.913. The number of ether oxygens (including phenoxy) is 2. The molecular weight excluding hydrogens is 328 g/mol. The Morgan fingerprint density at radius 1 is 1.24 bits per heavy atom. The second-order valence-corrected chi connectivity index (χ2v) is 7.09. The number of nitrogens with one attached hydrogen (secondary N) is 3. The molecule has 1 rings (SSSR count). The standard InChI is InChI=1S/C16H26N4O5/c1-15(2,3)25-14(23)19-11(7-10-8-17-9-18-10)12(21)20-16(4,5)13(22)24-6/h8-9,11H,7H2,1-6H3,(H,17,18)(H,19,23)(H,20,21)/t11-/m0/s1. The Balaban J connectivity index is 2.88. The summed E-state index contributed by atoms with van der Waals surface area (Å²) in [5.41, 5.74) is -1.30. The maximum atomic E-state index is 12.6. The minimum absolute atomic E-state index is 0.155. The molecule has 140 valence electrons. The number of carbonyl (C=O) groups excluding carboxylic acids is 3. The van der Waals surface area contributed by atoms with Crippen LogP contribution in [0.25, 0.3) is 0 Å². The number of rotatable bonds is 6. The van der Waals surface area contributed by atoms with Crippen LogP contribution in [-0.2, 0) is 25.5 Å². The van der Waals surface area contributed by atoms with E-state index in [1.165, 1.54) is 27.3 Å². The van der Waals surface area contributed by atoms with Crippen LogP contribution in [0.4, 0.5) is 4.79 Å². The Bertz CT molecular complexity index is 605. The Kier molecular flexibility index (Phi) is 6.55. The highest BCUT2D eigenvalue weighted by molar-refractivity contribution is 5.91. The van der Waals surface area contributed by atoms with Crippen LogP contribution >= 0.6 is 0 Å². The fourth-order valence-corrected chi connectivity index (χ4v) is 1.98. The number of hydrogen-bond acceptors (Lipinski definition) is 6. The van der Waals surface area contributed by atoms with E-state index in [2.05, 4.69) is 25.3 Å². The molecule has 25 heavy (non-hydrogen) atoms. The van der Waals surface area contributed by atoms with Gasteiger partial charge in [0.25, 0.3) is 0 Å². The van der Waals surface area contributed by atoms with Gasteiger partial charge in [0.1, 0.15) is 17.2 Å². The Morgan fingerprint density at radius 2 is 1.88 bits per heavy atom. The van der Waals surface area contributed by atoms with Crippen LogP contribution in [0.2, 0.25) is 0 Å². The number of hydrogen-bond donors (Lipinski definition) is 3. The lowest BCUT2D eigenvalue weighted by atomic mass is 10.0. The molecule has 3 N–H and O–H groups in total. The summed E-state index contributed by atoms with van der Waals surface area (Å²) < 4.78 is 9.86. The first-order valence-corrected chi connectivity index (χ1v) is 7.82. The zero-order chi connectivity index (χ0) is 19.3. The molecule has 0 radical (unpaired) electrons. The second-order valence-electron chi connectivity index (χ2n) is 7.09. The molecule has 0 fully saturated rings. The first kappa shape index (κ1) is 20.5. The number of alkyl carbamates (subject to hydrolysis) is 1. The van der Waals surface area contributed by atoms with E-state index >= 15 is 0 Å². The van der Waals surface area contributed by atoms with Gasteiger partial charge in [-0.25, -0.2) is 14.6 Å². The van der Waals surface area contributed by atoms with Gasteiger partial charge in [-0.2, -0.15) is 0 Å². The van der Waals surface area contributed by atoms with Crippen LogP contribution < -0.4 is 10.6 Å². The van der Waals surface area contributed by atoms with Gasteiger partial charge in [0.15, 0.2) is 0 Å². The number of imidazole rings is 1. The molecule has 0 saturated carbocycles. The number of aromatic amines is 1. The van der Waals surface area contributed by atoms with Crippen molar-refractivity contribution >= 4 is 18.0 Å². The van der Waals surface area contributed by atoms with Crippen molar-refractivity contribution in [2.24, 2.45) is 0 Å². The number of esters is 1. The number of carbonyl (C=O) groups is 3. The highest BCUT2D eigenvalue weighted by atomic mass is 16.6. The van der Waals surface area contributed by atoms with E-state index in [1.807, 2.05) is 0 Å². The summed E-state index contributed by atoms with van der Waals surface area (Å²) in [5, 5.41) is 5.09. The summed E-state index contributed by atoms with van der Waals surface area (Å²) in [5.74, 6) is -1.14. The van der Waals surface area contributed by atoms with Crippen LogP contribution in [0.5, 0.6) is 0 Å². The van der Waals surface area contributed by atoms with Crippen LogP contribution in [0.1, 0.15) is 40.3 Å². The molecule has 0 bridgehead atoms. The maximum Gasteiger partial charge on any atom is 0.408 e. The minimum Gasteiger partial charge on any atom is -0.467 e. The third-order valence-electron chi connectivity index (χ3n) is 3.12. The maximum absolute atomic E-state index is 12.6. The Hall–Kier alpha value is -2.58. The molecule has 0 spiro atoms. The van der Waals surface area contributed by atoms with Gasteiger partial charge >= 0.3 is 12.1 Å². The van der Waals surface area contributed by atoms with Crippen LogP contribution in [0.3, 0.4) is 0 Å². The molecule has 1 heterocycles. The van der Waals surface area contributed by atoms with Crippen LogP contribution in [0.15, 0.2) is 12.5 Å². The molecule has 0 aliphatic carbocycles. The average Bonchev–Trinajstić information content (AvgIpc) is 2.96. The molecular formula is C16H26N4O5. The highest BCUT2D eigenvalue weighted by Crippen LogP contribution is 2.10. The minimum atomic E-state index is -1.24. The largest absolute Gasteiger partial charge is 0.467 e. The van der Waals surface area contributed by atoms with E-state index in [9.17, 15) is 14.4 Å². The first-order chi connectivity index (χ1) is 11.4. The van der Waals surface area contributed by atoms with Gasteiger partial charge in [-0.15, -0.1) is 0 Å². The van der Waals surface area contributed by atoms with Gasteiger partial charge in [-0.1, -0.05) is 0 Å². The lowest BCUT2D eigenvalue weighted by Crippen LogP contribution is -2.57. The summed E-state index contributed by atoms with van der Waals surface area (Å²) in [7, 11) is 1.23. The fourth-order valence-electron chi connectivity index (χ4n) is 1.98. The van der Waals surface area contributed by atoms with Crippen LogP contribution in [0, 0.1) is 0 Å². The Morgan fingerprint density at radius 3 is 2.36 bits per heavy atom. The number of H-pyrrole nitrogens is 1. The molecule has 2 amide bonds. The number of nitrogens with zero attached hydrogens (tertiary/aromatic N) is 1. The van der Waals surface area contributed by atoms with Crippen molar-refractivity contribution in [3.63, 3.8) is 0 Å². The summed E-state index contributed by atoms with van der Waals surface area (Å²) >= 11 is 0. The van der Waals surface area contributed by atoms with E-state index in [-0.39, 0.29) is 6.42 Å². The third kappa shape index (κ3) is 6.82. The van der Waals surface area contributed by atoms with Crippen molar-refractivity contribution in [1.29, 1.82) is 0 Å². The van der Waals surface area contributed by atoms with E-state index < -0.39 is 35.2 Å². The topological polar surface area (TPSA) is 122 Å². The normalized spacial score (nSPS) is 12.9. The Labute approximate surface area is 146 Å². The van der Waals surface area contributed by atoms with Gasteiger partial charge in [-0.05, 0) is 34.6 Å². The summed E-state index contributed by atoms with van der Waals surface area (Å²) in [6.07, 6.45) is 2.43. The van der Waals surface area contributed by atoms with Gasteiger partial charge in [0, 0.05) is 18.3 Å². The third-order valence-corrected chi connectivity index (χ3v) is 3.12. The first-order valence-electron chi connectivity index (χ1n) is 7.82. The van der Waals surface area contributed by atoms with Crippen LogP contribution in [-0.4, -0.2) is 52.2 Å². The SMILES string of the molecule is COC(=O)C(C)(C)NC(=O)[C@H](Cc1cnc[nH]1)NC(=O)OC(C)(C)C. The number of amides is 2. The zero-order valence-electron chi connectivity index (χ0n) is 15.4. The zero-order valence-corrected chi connectivity index (χ0v) is 15.4. The van der Waals surface area contributed by atoms with Gasteiger partial charge < -0.3 is 25.1 Å². The molecule has 1 aromatic rings. The summed E-state index contributed by atoms with van der Waals surface area (Å²) in [6.45, 7) is 8.18.